The Balaban J connectivity index is 1.48. The first-order valence-electron chi connectivity index (χ1n) is 12.3. The van der Waals surface area contributed by atoms with Crippen LogP contribution in [0.4, 0.5) is 11.4 Å². The number of amides is 3. The van der Waals surface area contributed by atoms with Crippen molar-refractivity contribution in [2.24, 2.45) is 0 Å². The molecule has 1 fully saturated rings. The van der Waals surface area contributed by atoms with Crippen LogP contribution in [0.3, 0.4) is 0 Å². The van der Waals surface area contributed by atoms with Crippen LogP contribution in [0.1, 0.15) is 21.5 Å². The van der Waals surface area contributed by atoms with Crippen molar-refractivity contribution >= 4 is 68.2 Å². The molecular formula is C28H25BrCl2N4O4. The maximum Gasteiger partial charge on any atom is 0.255 e. The van der Waals surface area contributed by atoms with Crippen LogP contribution >= 0.6 is 39.1 Å². The molecule has 1 atom stereocenters. The number of nitrogens with one attached hydrogen (secondary N) is 3. The van der Waals surface area contributed by atoms with Crippen molar-refractivity contribution in [2.75, 3.05) is 43.5 Å². The molecule has 0 spiro atoms. The van der Waals surface area contributed by atoms with Gasteiger partial charge in [0.25, 0.3) is 11.8 Å². The highest BCUT2D eigenvalue weighted by Crippen LogP contribution is 2.43. The number of anilines is 2. The van der Waals surface area contributed by atoms with Crippen molar-refractivity contribution < 1.29 is 19.1 Å². The van der Waals surface area contributed by atoms with Crippen LogP contribution in [0, 0.1) is 0 Å². The number of morpholine rings is 1. The van der Waals surface area contributed by atoms with Gasteiger partial charge in [-0.3, -0.25) is 14.4 Å². The Labute approximate surface area is 244 Å². The van der Waals surface area contributed by atoms with Crippen LogP contribution in [0.25, 0.3) is 0 Å². The van der Waals surface area contributed by atoms with Crippen molar-refractivity contribution in [3.8, 4) is 0 Å². The summed E-state index contributed by atoms with van der Waals surface area (Å²) in [5.74, 6) is -0.926. The van der Waals surface area contributed by atoms with E-state index in [1.165, 1.54) is 0 Å². The van der Waals surface area contributed by atoms with Crippen LogP contribution < -0.4 is 16.0 Å². The SMILES string of the molecule is O=C(NCC(=O)N1CCOCC1)c1ccc(Br)cc1NC1(Cc2cccc(Cl)c2)C(=O)Nc2cc(Cl)ccc21. The second-order valence-electron chi connectivity index (χ2n) is 9.35. The molecule has 8 nitrogen and oxygen atoms in total. The highest BCUT2D eigenvalue weighted by molar-refractivity contribution is 9.10. The topological polar surface area (TPSA) is 99.8 Å². The predicted octanol–water partition coefficient (Wildman–Crippen LogP) is 4.85. The molecule has 1 saturated heterocycles. The van der Waals surface area contributed by atoms with Crippen LogP contribution in [0.15, 0.2) is 65.1 Å². The summed E-state index contributed by atoms with van der Waals surface area (Å²) in [5.41, 5.74) is 1.52. The van der Waals surface area contributed by atoms with E-state index in [1.807, 2.05) is 12.1 Å². The summed E-state index contributed by atoms with van der Waals surface area (Å²) in [6, 6.07) is 17.6. The predicted molar refractivity (Wildman–Crippen MR) is 154 cm³/mol. The van der Waals surface area contributed by atoms with Crippen LogP contribution in [-0.4, -0.2) is 55.5 Å². The molecule has 39 heavy (non-hydrogen) atoms. The molecule has 2 aliphatic rings. The molecule has 3 amide bonds. The van der Waals surface area contributed by atoms with Gasteiger partial charge in [-0.25, -0.2) is 0 Å². The monoisotopic (exact) mass is 630 g/mol. The smallest absolute Gasteiger partial charge is 0.255 e. The summed E-state index contributed by atoms with van der Waals surface area (Å²) in [7, 11) is 0. The first-order valence-corrected chi connectivity index (χ1v) is 13.9. The fraction of sp³-hybridized carbons (Fsp3) is 0.250. The van der Waals surface area contributed by atoms with Crippen molar-refractivity contribution in [3.63, 3.8) is 0 Å². The number of benzene rings is 3. The summed E-state index contributed by atoms with van der Waals surface area (Å²) in [5, 5.41) is 10.1. The third-order valence-electron chi connectivity index (χ3n) is 6.77. The van der Waals surface area contributed by atoms with E-state index < -0.39 is 11.4 Å². The van der Waals surface area contributed by atoms with Gasteiger partial charge in [-0.05, 0) is 48.0 Å². The Morgan fingerprint density at radius 2 is 1.79 bits per heavy atom. The number of hydrogen-bond acceptors (Lipinski definition) is 5. The van der Waals surface area contributed by atoms with Crippen LogP contribution in [-0.2, 0) is 26.3 Å². The first kappa shape index (κ1) is 27.5. The first-order chi connectivity index (χ1) is 18.7. The van der Waals surface area contributed by atoms with Crippen molar-refractivity contribution in [1.82, 2.24) is 10.2 Å². The van der Waals surface area contributed by atoms with Crippen LogP contribution in [0.2, 0.25) is 10.0 Å². The lowest BCUT2D eigenvalue weighted by atomic mass is 9.84. The van der Waals surface area contributed by atoms with E-state index in [0.29, 0.717) is 57.8 Å². The van der Waals surface area contributed by atoms with Crippen LogP contribution in [0.5, 0.6) is 0 Å². The van der Waals surface area contributed by atoms with Gasteiger partial charge in [-0.15, -0.1) is 0 Å². The highest BCUT2D eigenvalue weighted by Gasteiger charge is 2.47. The zero-order chi connectivity index (χ0) is 27.6. The van der Waals surface area contributed by atoms with E-state index in [0.717, 1.165) is 5.56 Å². The van der Waals surface area contributed by atoms with Gasteiger partial charge in [-0.2, -0.15) is 0 Å². The minimum Gasteiger partial charge on any atom is -0.378 e. The highest BCUT2D eigenvalue weighted by atomic mass is 79.9. The van der Waals surface area contributed by atoms with E-state index in [-0.39, 0.29) is 30.3 Å². The van der Waals surface area contributed by atoms with E-state index in [4.69, 9.17) is 27.9 Å². The molecule has 2 aliphatic heterocycles. The summed E-state index contributed by atoms with van der Waals surface area (Å²) < 4.78 is 6.00. The van der Waals surface area contributed by atoms with Gasteiger partial charge in [0.15, 0.2) is 0 Å². The molecular weight excluding hydrogens is 607 g/mol. The molecule has 11 heteroatoms. The van der Waals surface area contributed by atoms with Crippen molar-refractivity contribution in [3.05, 3.63) is 91.9 Å². The summed E-state index contributed by atoms with van der Waals surface area (Å²) in [6.45, 7) is 1.78. The molecule has 3 aromatic rings. The Morgan fingerprint density at radius 1 is 1.03 bits per heavy atom. The molecule has 3 N–H and O–H groups in total. The molecule has 0 aromatic heterocycles. The zero-order valence-corrected chi connectivity index (χ0v) is 23.8. The molecule has 5 rings (SSSR count). The molecule has 0 radical (unpaired) electrons. The molecule has 2 heterocycles. The van der Waals surface area contributed by atoms with E-state index >= 15 is 0 Å². The normalized spacial score (nSPS) is 18.3. The number of carbonyl (C=O) groups excluding carboxylic acids is 3. The number of hydrogen-bond donors (Lipinski definition) is 3. The lowest BCUT2D eigenvalue weighted by molar-refractivity contribution is -0.134. The third-order valence-corrected chi connectivity index (χ3v) is 7.74. The summed E-state index contributed by atoms with van der Waals surface area (Å²) >= 11 is 16.0. The second kappa shape index (κ2) is 11.6. The second-order valence-corrected chi connectivity index (χ2v) is 11.1. The fourth-order valence-electron chi connectivity index (χ4n) is 4.86. The molecule has 202 valence electrons. The van der Waals surface area contributed by atoms with Gasteiger partial charge in [0.05, 0.1) is 25.3 Å². The minimum atomic E-state index is -1.27. The molecule has 0 aliphatic carbocycles. The number of ether oxygens (including phenoxy) is 1. The Bertz CT molecular complexity index is 1450. The average Bonchev–Trinajstić information content (AvgIpc) is 3.17. The third kappa shape index (κ3) is 5.91. The number of fused-ring (bicyclic) bond motifs is 1. The number of rotatable bonds is 7. The van der Waals surface area contributed by atoms with Gasteiger partial charge >= 0.3 is 0 Å². The lowest BCUT2D eigenvalue weighted by Crippen LogP contribution is -2.46. The zero-order valence-electron chi connectivity index (χ0n) is 20.7. The molecule has 3 aromatic carbocycles. The minimum absolute atomic E-state index is 0.149. The standard InChI is InChI=1S/C28H25BrCl2N4O4/c29-18-4-6-21(26(37)32-16-25(36)35-8-10-39-11-9-35)23(13-18)34-28(15-17-2-1-3-19(30)12-17)22-7-5-20(31)14-24(22)33-27(28)38/h1-7,12-14,34H,8-11,15-16H2,(H,32,37)(H,33,38). The maximum absolute atomic E-state index is 13.7. The fourth-order valence-corrected chi connectivity index (χ4v) is 5.61. The number of carbonyl (C=O) groups is 3. The summed E-state index contributed by atoms with van der Waals surface area (Å²) in [6.07, 6.45) is 0.247. The maximum atomic E-state index is 13.7. The Hall–Kier alpha value is -3.11. The Kier molecular flexibility index (Phi) is 8.13. The summed E-state index contributed by atoms with van der Waals surface area (Å²) in [4.78, 5) is 41.3. The number of nitrogens with zero attached hydrogens (tertiary/aromatic N) is 1. The van der Waals surface area contributed by atoms with Crippen molar-refractivity contribution in [2.45, 2.75) is 12.0 Å². The molecule has 0 bridgehead atoms. The average molecular weight is 632 g/mol. The lowest BCUT2D eigenvalue weighted by Gasteiger charge is -2.31. The number of halogens is 3. The van der Waals surface area contributed by atoms with Gasteiger partial charge in [0.1, 0.15) is 5.54 Å². The Morgan fingerprint density at radius 3 is 2.56 bits per heavy atom. The quantitative estimate of drug-likeness (QED) is 0.346. The largest absolute Gasteiger partial charge is 0.378 e. The van der Waals surface area contributed by atoms with Crippen molar-refractivity contribution in [1.29, 1.82) is 0 Å². The van der Waals surface area contributed by atoms with Gasteiger partial charge in [0.2, 0.25) is 5.91 Å². The van der Waals surface area contributed by atoms with Gasteiger partial charge < -0.3 is 25.6 Å². The van der Waals surface area contributed by atoms with Gasteiger partial charge in [0, 0.05) is 51.0 Å². The van der Waals surface area contributed by atoms with E-state index in [9.17, 15) is 14.4 Å². The van der Waals surface area contributed by atoms with Gasteiger partial charge in [-0.1, -0.05) is 57.3 Å². The molecule has 0 saturated carbocycles. The van der Waals surface area contributed by atoms with E-state index in [2.05, 4.69) is 31.9 Å². The molecule has 1 unspecified atom stereocenters. The van der Waals surface area contributed by atoms with E-state index in [1.54, 1.807) is 53.4 Å².